The van der Waals surface area contributed by atoms with Gasteiger partial charge in [0.05, 0.1) is 0 Å². The zero-order valence-corrected chi connectivity index (χ0v) is 9.52. The molecule has 0 aliphatic carbocycles. The van der Waals surface area contributed by atoms with Crippen LogP contribution in [0.25, 0.3) is 0 Å². The van der Waals surface area contributed by atoms with E-state index in [2.05, 4.69) is 0 Å². The lowest BCUT2D eigenvalue weighted by Crippen LogP contribution is -1.89. The molecule has 0 N–H and O–H groups in total. The van der Waals surface area contributed by atoms with E-state index in [1.165, 1.54) is 5.56 Å². The van der Waals surface area contributed by atoms with Crippen LogP contribution >= 0.6 is 22.9 Å². The Hall–Kier alpha value is -1.12. The molecule has 0 unspecified atom stereocenters. The van der Waals surface area contributed by atoms with E-state index < -0.39 is 0 Å². The molecule has 0 amide bonds. The Bertz CT molecular complexity index is 459. The molecule has 1 aromatic carbocycles. The van der Waals surface area contributed by atoms with Crippen molar-refractivity contribution in [2.45, 2.75) is 6.42 Å². The van der Waals surface area contributed by atoms with Crippen LogP contribution in [0.2, 0.25) is 5.02 Å². The van der Waals surface area contributed by atoms with Gasteiger partial charge in [0.15, 0.2) is 6.29 Å². The number of thiophene rings is 1. The second kappa shape index (κ2) is 4.60. The summed E-state index contributed by atoms with van der Waals surface area (Å²) in [6.45, 7) is 0. The number of halogens is 1. The highest BCUT2D eigenvalue weighted by Crippen LogP contribution is 2.18. The summed E-state index contributed by atoms with van der Waals surface area (Å²) in [4.78, 5) is 10.7. The van der Waals surface area contributed by atoms with E-state index in [1.54, 1.807) is 11.3 Å². The molecule has 0 saturated heterocycles. The topological polar surface area (TPSA) is 17.1 Å². The molecule has 1 aromatic heterocycles. The molecule has 3 heteroatoms. The van der Waals surface area contributed by atoms with Gasteiger partial charge in [-0.15, -0.1) is 0 Å². The fourth-order valence-electron chi connectivity index (χ4n) is 1.40. The van der Waals surface area contributed by atoms with Crippen molar-refractivity contribution in [1.82, 2.24) is 0 Å². The summed E-state index contributed by atoms with van der Waals surface area (Å²) in [6, 6.07) is 7.69. The highest BCUT2D eigenvalue weighted by atomic mass is 35.5. The first-order chi connectivity index (χ1) is 7.29. The average Bonchev–Trinajstić information content (AvgIpc) is 2.69. The van der Waals surface area contributed by atoms with Gasteiger partial charge in [-0.05, 0) is 35.1 Å². The van der Waals surface area contributed by atoms with Gasteiger partial charge in [-0.25, -0.2) is 0 Å². The van der Waals surface area contributed by atoms with Crippen molar-refractivity contribution in [3.05, 3.63) is 56.7 Å². The number of hydrogen-bond acceptors (Lipinski definition) is 2. The normalized spacial score (nSPS) is 10.2. The van der Waals surface area contributed by atoms with Crippen molar-refractivity contribution >= 4 is 29.2 Å². The average molecular weight is 237 g/mol. The van der Waals surface area contributed by atoms with Gasteiger partial charge in [0.2, 0.25) is 0 Å². The summed E-state index contributed by atoms with van der Waals surface area (Å²) in [5, 5.41) is 4.62. The highest BCUT2D eigenvalue weighted by molar-refractivity contribution is 7.08. The lowest BCUT2D eigenvalue weighted by Gasteiger charge is -2.00. The fourth-order valence-corrected chi connectivity index (χ4v) is 2.33. The van der Waals surface area contributed by atoms with Crippen LogP contribution in [-0.4, -0.2) is 6.29 Å². The molecular weight excluding hydrogens is 228 g/mol. The van der Waals surface area contributed by atoms with Gasteiger partial charge in [0.1, 0.15) is 0 Å². The maximum absolute atomic E-state index is 10.7. The number of benzene rings is 1. The van der Waals surface area contributed by atoms with E-state index >= 15 is 0 Å². The molecule has 2 aromatic rings. The zero-order valence-electron chi connectivity index (χ0n) is 7.94. The maximum Gasteiger partial charge on any atom is 0.151 e. The summed E-state index contributed by atoms with van der Waals surface area (Å²) >= 11 is 7.35. The van der Waals surface area contributed by atoms with Crippen LogP contribution in [0.1, 0.15) is 21.5 Å². The molecule has 2 rings (SSSR count). The monoisotopic (exact) mass is 236 g/mol. The van der Waals surface area contributed by atoms with Crippen LogP contribution in [0.5, 0.6) is 0 Å². The lowest BCUT2D eigenvalue weighted by molar-refractivity contribution is 0.112. The Morgan fingerprint density at radius 2 is 1.93 bits per heavy atom. The van der Waals surface area contributed by atoms with Crippen molar-refractivity contribution in [2.24, 2.45) is 0 Å². The molecule has 1 nitrogen and oxygen atoms in total. The van der Waals surface area contributed by atoms with Crippen molar-refractivity contribution < 1.29 is 4.79 Å². The molecule has 76 valence electrons. The predicted octanol–water partition coefficient (Wildman–Crippen LogP) is 3.80. The van der Waals surface area contributed by atoms with Crippen LogP contribution in [-0.2, 0) is 6.42 Å². The second-order valence-electron chi connectivity index (χ2n) is 3.27. The van der Waals surface area contributed by atoms with Gasteiger partial charge in [0, 0.05) is 16.0 Å². The first kappa shape index (κ1) is 10.4. The third-order valence-electron chi connectivity index (χ3n) is 2.21. The van der Waals surface area contributed by atoms with Gasteiger partial charge in [0.25, 0.3) is 0 Å². The molecule has 0 fully saturated rings. The summed E-state index contributed by atoms with van der Waals surface area (Å²) in [7, 11) is 0. The van der Waals surface area contributed by atoms with Crippen LogP contribution in [0.3, 0.4) is 0 Å². The maximum atomic E-state index is 10.7. The lowest BCUT2D eigenvalue weighted by atomic mass is 10.1. The Morgan fingerprint density at radius 3 is 2.60 bits per heavy atom. The van der Waals surface area contributed by atoms with Crippen molar-refractivity contribution in [1.29, 1.82) is 0 Å². The van der Waals surface area contributed by atoms with Crippen LogP contribution in [0, 0.1) is 0 Å². The number of carbonyl (C=O) groups excluding carboxylic acids is 1. The Labute approximate surface area is 97.3 Å². The summed E-state index contributed by atoms with van der Waals surface area (Å²) in [5.74, 6) is 0. The first-order valence-corrected chi connectivity index (χ1v) is 5.86. The van der Waals surface area contributed by atoms with E-state index in [-0.39, 0.29) is 0 Å². The van der Waals surface area contributed by atoms with E-state index in [4.69, 9.17) is 11.6 Å². The molecule has 0 spiro atoms. The Balaban J connectivity index is 2.21. The minimum atomic E-state index is 0.736. The van der Waals surface area contributed by atoms with Crippen LogP contribution in [0.4, 0.5) is 0 Å². The molecule has 1 heterocycles. The molecule has 15 heavy (non-hydrogen) atoms. The third kappa shape index (κ3) is 2.46. The van der Waals surface area contributed by atoms with Crippen LogP contribution in [0.15, 0.2) is 35.0 Å². The molecule has 0 saturated carbocycles. The number of carbonyl (C=O) groups is 1. The molecule has 0 radical (unpaired) electrons. The van der Waals surface area contributed by atoms with E-state index in [9.17, 15) is 4.79 Å². The number of aldehydes is 1. The van der Waals surface area contributed by atoms with Gasteiger partial charge >= 0.3 is 0 Å². The fraction of sp³-hybridized carbons (Fsp3) is 0.0833. The highest BCUT2D eigenvalue weighted by Gasteiger charge is 2.03. The first-order valence-electron chi connectivity index (χ1n) is 4.54. The minimum Gasteiger partial charge on any atom is -0.298 e. The molecule has 0 aliphatic rings. The molecule has 0 aliphatic heterocycles. The summed E-state index contributed by atoms with van der Waals surface area (Å²) in [6.07, 6.45) is 1.69. The minimum absolute atomic E-state index is 0.736. The van der Waals surface area contributed by atoms with Crippen molar-refractivity contribution in [3.63, 3.8) is 0 Å². The quantitative estimate of drug-likeness (QED) is 0.741. The Morgan fingerprint density at radius 1 is 1.20 bits per heavy atom. The van der Waals surface area contributed by atoms with Gasteiger partial charge in [-0.1, -0.05) is 23.7 Å². The van der Waals surface area contributed by atoms with E-state index in [0.717, 1.165) is 28.9 Å². The largest absolute Gasteiger partial charge is 0.298 e. The Kier molecular flexibility index (Phi) is 3.19. The SMILES string of the molecule is O=Cc1cscc1Cc1ccc(Cl)cc1. The van der Waals surface area contributed by atoms with Crippen molar-refractivity contribution in [3.8, 4) is 0 Å². The number of hydrogen-bond donors (Lipinski definition) is 0. The number of rotatable bonds is 3. The van der Waals surface area contributed by atoms with Crippen molar-refractivity contribution in [2.75, 3.05) is 0 Å². The van der Waals surface area contributed by atoms with Gasteiger partial charge < -0.3 is 0 Å². The molecule has 0 atom stereocenters. The molecular formula is C12H9ClOS. The molecule has 0 bridgehead atoms. The summed E-state index contributed by atoms with van der Waals surface area (Å²) < 4.78 is 0. The zero-order chi connectivity index (χ0) is 10.7. The second-order valence-corrected chi connectivity index (χ2v) is 4.45. The van der Waals surface area contributed by atoms with Gasteiger partial charge in [-0.3, -0.25) is 4.79 Å². The summed E-state index contributed by atoms with van der Waals surface area (Å²) in [5.41, 5.74) is 3.04. The predicted molar refractivity (Wildman–Crippen MR) is 64.0 cm³/mol. The van der Waals surface area contributed by atoms with E-state index in [0.29, 0.717) is 0 Å². The smallest absolute Gasteiger partial charge is 0.151 e. The van der Waals surface area contributed by atoms with Gasteiger partial charge in [-0.2, -0.15) is 11.3 Å². The van der Waals surface area contributed by atoms with E-state index in [1.807, 2.05) is 35.0 Å². The van der Waals surface area contributed by atoms with Crippen LogP contribution < -0.4 is 0 Å². The standard InChI is InChI=1S/C12H9ClOS/c13-12-3-1-9(2-4-12)5-10-7-15-8-11(10)6-14/h1-4,6-8H,5H2. The third-order valence-corrected chi connectivity index (χ3v) is 3.27.